The second-order valence-electron chi connectivity index (χ2n) is 3.99. The van der Waals surface area contributed by atoms with Crippen molar-refractivity contribution in [1.82, 2.24) is 0 Å². The second kappa shape index (κ2) is 3.41. The second-order valence-corrected chi connectivity index (χ2v) is 3.99. The lowest BCUT2D eigenvalue weighted by Crippen LogP contribution is -2.32. The van der Waals surface area contributed by atoms with Gasteiger partial charge in [-0.2, -0.15) is 0 Å². The van der Waals surface area contributed by atoms with Gasteiger partial charge in [-0.15, -0.1) is 0 Å². The molecule has 2 aliphatic heterocycles. The lowest BCUT2D eigenvalue weighted by molar-refractivity contribution is -0.113. The Morgan fingerprint density at radius 1 is 1.35 bits per heavy atom. The molecule has 0 radical (unpaired) electrons. The minimum absolute atomic E-state index is 0.0765. The van der Waals surface area contributed by atoms with Crippen molar-refractivity contribution < 1.29 is 19.4 Å². The SMILES string of the molecule is CC1C(O)=CC(=O)N1c1ccc2c(c1)OCO2. The molecule has 1 aromatic carbocycles. The van der Waals surface area contributed by atoms with Gasteiger partial charge in [0.15, 0.2) is 11.5 Å². The third kappa shape index (κ3) is 1.43. The average molecular weight is 233 g/mol. The van der Waals surface area contributed by atoms with E-state index in [1.54, 1.807) is 25.1 Å². The monoisotopic (exact) mass is 233 g/mol. The van der Waals surface area contributed by atoms with Crippen molar-refractivity contribution in [2.24, 2.45) is 0 Å². The highest BCUT2D eigenvalue weighted by Crippen LogP contribution is 2.37. The van der Waals surface area contributed by atoms with Crippen LogP contribution >= 0.6 is 0 Å². The fraction of sp³-hybridized carbons (Fsp3) is 0.250. The fourth-order valence-electron chi connectivity index (χ4n) is 2.03. The highest BCUT2D eigenvalue weighted by Gasteiger charge is 2.31. The number of aliphatic hydroxyl groups is 1. The number of benzene rings is 1. The Hall–Kier alpha value is -2.17. The molecule has 2 aliphatic rings. The van der Waals surface area contributed by atoms with Gasteiger partial charge in [-0.25, -0.2) is 0 Å². The summed E-state index contributed by atoms with van der Waals surface area (Å²) in [5.41, 5.74) is 0.687. The number of fused-ring (bicyclic) bond motifs is 1. The zero-order chi connectivity index (χ0) is 12.0. The first kappa shape index (κ1) is 10.0. The number of carbonyl (C=O) groups is 1. The molecule has 17 heavy (non-hydrogen) atoms. The van der Waals surface area contributed by atoms with E-state index in [1.165, 1.54) is 11.0 Å². The predicted octanol–water partition coefficient (Wildman–Crippen LogP) is 1.59. The largest absolute Gasteiger partial charge is 0.510 e. The summed E-state index contributed by atoms with van der Waals surface area (Å²) in [6, 6.07) is 4.92. The Bertz CT molecular complexity index is 523. The zero-order valence-corrected chi connectivity index (χ0v) is 9.21. The number of aliphatic hydroxyl groups excluding tert-OH is 1. The summed E-state index contributed by atoms with van der Waals surface area (Å²) in [6.45, 7) is 1.97. The summed E-state index contributed by atoms with van der Waals surface area (Å²) < 4.78 is 10.5. The van der Waals surface area contributed by atoms with Gasteiger partial charge in [-0.3, -0.25) is 9.69 Å². The van der Waals surface area contributed by atoms with E-state index in [2.05, 4.69) is 0 Å². The van der Waals surface area contributed by atoms with Crippen LogP contribution in [0.2, 0.25) is 0 Å². The molecule has 0 spiro atoms. The van der Waals surface area contributed by atoms with Crippen LogP contribution in [0.5, 0.6) is 11.5 Å². The molecule has 1 unspecified atom stereocenters. The maximum atomic E-state index is 11.7. The van der Waals surface area contributed by atoms with Gasteiger partial charge in [0.1, 0.15) is 5.76 Å². The molecule has 0 aromatic heterocycles. The number of nitrogens with zero attached hydrogens (tertiary/aromatic N) is 1. The Morgan fingerprint density at radius 3 is 2.82 bits per heavy atom. The molecule has 5 heteroatoms. The van der Waals surface area contributed by atoms with Crippen LogP contribution in [0.4, 0.5) is 5.69 Å². The summed E-state index contributed by atoms with van der Waals surface area (Å²) in [5.74, 6) is 1.14. The Labute approximate surface area is 97.9 Å². The van der Waals surface area contributed by atoms with Crippen LogP contribution in [-0.4, -0.2) is 23.8 Å². The number of hydrogen-bond acceptors (Lipinski definition) is 4. The lowest BCUT2D eigenvalue weighted by Gasteiger charge is -2.22. The number of ether oxygens (including phenoxy) is 2. The predicted molar refractivity (Wildman–Crippen MR) is 60.2 cm³/mol. The van der Waals surface area contributed by atoms with Crippen LogP contribution in [0.15, 0.2) is 30.0 Å². The summed E-state index contributed by atoms with van der Waals surface area (Å²) in [5, 5.41) is 9.54. The van der Waals surface area contributed by atoms with Crippen molar-refractivity contribution in [1.29, 1.82) is 0 Å². The van der Waals surface area contributed by atoms with Crippen LogP contribution in [0, 0.1) is 0 Å². The molecule has 88 valence electrons. The van der Waals surface area contributed by atoms with Crippen molar-refractivity contribution in [3.63, 3.8) is 0 Å². The number of amides is 1. The zero-order valence-electron chi connectivity index (χ0n) is 9.21. The molecule has 1 aromatic rings. The topological polar surface area (TPSA) is 59.0 Å². The highest BCUT2D eigenvalue weighted by molar-refractivity contribution is 6.05. The first-order valence-corrected chi connectivity index (χ1v) is 5.30. The van der Waals surface area contributed by atoms with Gasteiger partial charge in [-0.05, 0) is 19.1 Å². The molecule has 0 bridgehead atoms. The normalized spacial score (nSPS) is 21.9. The van der Waals surface area contributed by atoms with Gasteiger partial charge in [0.05, 0.1) is 6.04 Å². The third-order valence-corrected chi connectivity index (χ3v) is 2.96. The molecular formula is C12H11NO4. The van der Waals surface area contributed by atoms with Crippen LogP contribution in [0.25, 0.3) is 0 Å². The van der Waals surface area contributed by atoms with E-state index in [0.29, 0.717) is 17.2 Å². The Kier molecular flexibility index (Phi) is 2.01. The molecule has 1 amide bonds. The Balaban J connectivity index is 1.98. The lowest BCUT2D eigenvalue weighted by atomic mass is 10.2. The van der Waals surface area contributed by atoms with Crippen molar-refractivity contribution in [2.75, 3.05) is 11.7 Å². The van der Waals surface area contributed by atoms with Crippen LogP contribution in [0.3, 0.4) is 0 Å². The van der Waals surface area contributed by atoms with Gasteiger partial charge in [0.25, 0.3) is 5.91 Å². The fourth-order valence-corrected chi connectivity index (χ4v) is 2.03. The van der Waals surface area contributed by atoms with Gasteiger partial charge in [-0.1, -0.05) is 0 Å². The summed E-state index contributed by atoms with van der Waals surface area (Å²) in [4.78, 5) is 13.2. The average Bonchev–Trinajstić information content (AvgIpc) is 2.84. The van der Waals surface area contributed by atoms with E-state index < -0.39 is 0 Å². The smallest absolute Gasteiger partial charge is 0.255 e. The molecule has 0 saturated carbocycles. The summed E-state index contributed by atoms with van der Waals surface area (Å²) in [6.07, 6.45) is 1.23. The van der Waals surface area contributed by atoms with Crippen LogP contribution < -0.4 is 14.4 Å². The molecule has 2 heterocycles. The number of rotatable bonds is 1. The van der Waals surface area contributed by atoms with E-state index >= 15 is 0 Å². The molecule has 5 nitrogen and oxygen atoms in total. The standard InChI is InChI=1S/C12H11NO4/c1-7-9(14)5-12(15)13(7)8-2-3-10-11(4-8)17-6-16-10/h2-5,7,14H,6H2,1H3. The van der Waals surface area contributed by atoms with Gasteiger partial charge >= 0.3 is 0 Å². The summed E-state index contributed by atoms with van der Waals surface area (Å²) >= 11 is 0. The van der Waals surface area contributed by atoms with Crippen LogP contribution in [0.1, 0.15) is 6.92 Å². The molecule has 0 saturated heterocycles. The van der Waals surface area contributed by atoms with Crippen molar-refractivity contribution in [3.8, 4) is 11.5 Å². The first-order valence-electron chi connectivity index (χ1n) is 5.30. The Morgan fingerprint density at radius 2 is 2.12 bits per heavy atom. The van der Waals surface area contributed by atoms with E-state index in [4.69, 9.17) is 9.47 Å². The van der Waals surface area contributed by atoms with Crippen molar-refractivity contribution >= 4 is 11.6 Å². The molecule has 0 fully saturated rings. The van der Waals surface area contributed by atoms with Gasteiger partial charge < -0.3 is 14.6 Å². The highest BCUT2D eigenvalue weighted by atomic mass is 16.7. The summed E-state index contributed by atoms with van der Waals surface area (Å²) in [7, 11) is 0. The van der Waals surface area contributed by atoms with E-state index in [1.807, 2.05) is 0 Å². The quantitative estimate of drug-likeness (QED) is 0.800. The number of carbonyl (C=O) groups excluding carboxylic acids is 1. The number of hydrogen-bond donors (Lipinski definition) is 1. The maximum absolute atomic E-state index is 11.7. The molecular weight excluding hydrogens is 222 g/mol. The van der Waals surface area contributed by atoms with Crippen molar-refractivity contribution in [3.05, 3.63) is 30.0 Å². The van der Waals surface area contributed by atoms with E-state index in [-0.39, 0.29) is 24.5 Å². The maximum Gasteiger partial charge on any atom is 0.255 e. The first-order chi connectivity index (χ1) is 8.16. The molecule has 3 rings (SSSR count). The number of anilines is 1. The van der Waals surface area contributed by atoms with E-state index in [9.17, 15) is 9.90 Å². The van der Waals surface area contributed by atoms with Crippen LogP contribution in [-0.2, 0) is 4.79 Å². The minimum atomic E-state index is -0.345. The minimum Gasteiger partial charge on any atom is -0.510 e. The third-order valence-electron chi connectivity index (χ3n) is 2.96. The molecule has 1 atom stereocenters. The van der Waals surface area contributed by atoms with E-state index in [0.717, 1.165) is 0 Å². The molecule has 1 N–H and O–H groups in total. The van der Waals surface area contributed by atoms with Crippen molar-refractivity contribution in [2.45, 2.75) is 13.0 Å². The molecule has 0 aliphatic carbocycles. The van der Waals surface area contributed by atoms with Gasteiger partial charge in [0.2, 0.25) is 6.79 Å². The van der Waals surface area contributed by atoms with Gasteiger partial charge in [0, 0.05) is 17.8 Å².